The number of benzene rings is 1. The summed E-state index contributed by atoms with van der Waals surface area (Å²) in [7, 11) is 0. The van der Waals surface area contributed by atoms with Gasteiger partial charge in [0.25, 0.3) is 0 Å². The van der Waals surface area contributed by atoms with Gasteiger partial charge in [0.2, 0.25) is 0 Å². The van der Waals surface area contributed by atoms with Crippen molar-refractivity contribution in [3.8, 4) is 0 Å². The molecule has 1 rings (SSSR count). The minimum Gasteiger partial charge on any atom is -0.478 e. The molecule has 0 bridgehead atoms. The van der Waals surface area contributed by atoms with Crippen molar-refractivity contribution in [3.63, 3.8) is 0 Å². The molecule has 0 fully saturated rings. The molecule has 0 spiro atoms. The summed E-state index contributed by atoms with van der Waals surface area (Å²) < 4.78 is 36.2. The number of carbonyl (C=O) groups is 1. The SMILES string of the molecule is O=C(O)/C(=C/c1ccccc1)CC(F)(F)F. The van der Waals surface area contributed by atoms with Gasteiger partial charge >= 0.3 is 12.1 Å². The second kappa shape index (κ2) is 4.83. The summed E-state index contributed by atoms with van der Waals surface area (Å²) in [5.74, 6) is -1.55. The molecular formula is C11H9F3O2. The lowest BCUT2D eigenvalue weighted by molar-refractivity contribution is -0.142. The number of rotatable bonds is 3. The summed E-state index contributed by atoms with van der Waals surface area (Å²) in [6.45, 7) is 0. The minimum absolute atomic E-state index is 0.434. The van der Waals surface area contributed by atoms with E-state index in [1.807, 2.05) is 0 Å². The zero-order valence-corrected chi connectivity index (χ0v) is 8.16. The van der Waals surface area contributed by atoms with E-state index >= 15 is 0 Å². The Morgan fingerprint density at radius 3 is 2.25 bits per heavy atom. The molecule has 5 heteroatoms. The molecule has 0 unspecified atom stereocenters. The fourth-order valence-electron chi connectivity index (χ4n) is 1.15. The van der Waals surface area contributed by atoms with E-state index in [2.05, 4.69) is 0 Å². The third-order valence-corrected chi connectivity index (χ3v) is 1.81. The van der Waals surface area contributed by atoms with Crippen LogP contribution in [-0.2, 0) is 4.79 Å². The molecule has 0 aliphatic carbocycles. The molecule has 0 atom stereocenters. The number of hydrogen-bond donors (Lipinski definition) is 1. The number of carboxylic acid groups (broad SMARTS) is 1. The van der Waals surface area contributed by atoms with Crippen LogP contribution < -0.4 is 0 Å². The number of alkyl halides is 3. The molecule has 1 N–H and O–H groups in total. The largest absolute Gasteiger partial charge is 0.478 e. The highest BCUT2D eigenvalue weighted by Crippen LogP contribution is 2.25. The first-order chi connectivity index (χ1) is 7.38. The fraction of sp³-hybridized carbons (Fsp3) is 0.182. The normalized spacial score (nSPS) is 12.6. The predicted molar refractivity (Wildman–Crippen MR) is 52.7 cm³/mol. The molecule has 0 saturated carbocycles. The van der Waals surface area contributed by atoms with Crippen molar-refractivity contribution in [2.75, 3.05) is 0 Å². The summed E-state index contributed by atoms with van der Waals surface area (Å²) in [4.78, 5) is 10.6. The van der Waals surface area contributed by atoms with Gasteiger partial charge in [0.05, 0.1) is 6.42 Å². The quantitative estimate of drug-likeness (QED) is 0.810. The molecule has 1 aromatic carbocycles. The molecule has 0 heterocycles. The van der Waals surface area contributed by atoms with Crippen molar-refractivity contribution in [1.29, 1.82) is 0 Å². The van der Waals surface area contributed by atoms with Gasteiger partial charge in [0, 0.05) is 5.57 Å². The lowest BCUT2D eigenvalue weighted by Crippen LogP contribution is -2.13. The highest BCUT2D eigenvalue weighted by atomic mass is 19.4. The minimum atomic E-state index is -4.51. The molecule has 0 aromatic heterocycles. The van der Waals surface area contributed by atoms with Crippen molar-refractivity contribution in [2.45, 2.75) is 12.6 Å². The van der Waals surface area contributed by atoms with E-state index < -0.39 is 24.1 Å². The van der Waals surface area contributed by atoms with Crippen LogP contribution in [0.1, 0.15) is 12.0 Å². The van der Waals surface area contributed by atoms with E-state index in [9.17, 15) is 18.0 Å². The number of aliphatic carboxylic acids is 1. The highest BCUT2D eigenvalue weighted by Gasteiger charge is 2.31. The number of hydrogen-bond acceptors (Lipinski definition) is 1. The standard InChI is InChI=1S/C11H9F3O2/c12-11(13,14)7-9(10(15)16)6-8-4-2-1-3-5-8/h1-6H,7H2,(H,15,16)/b9-6+. The maximum absolute atomic E-state index is 12.1. The average Bonchev–Trinajstić information content (AvgIpc) is 2.16. The Morgan fingerprint density at radius 2 is 1.81 bits per heavy atom. The van der Waals surface area contributed by atoms with Crippen molar-refractivity contribution in [3.05, 3.63) is 41.5 Å². The van der Waals surface area contributed by atoms with E-state index in [4.69, 9.17) is 5.11 Å². The molecule has 0 aliphatic rings. The maximum atomic E-state index is 12.1. The number of carboxylic acids is 1. The second-order valence-corrected chi connectivity index (χ2v) is 3.18. The van der Waals surface area contributed by atoms with Gasteiger partial charge in [0.15, 0.2) is 0 Å². The van der Waals surface area contributed by atoms with Crippen molar-refractivity contribution < 1.29 is 23.1 Å². The van der Waals surface area contributed by atoms with E-state index in [1.54, 1.807) is 30.3 Å². The second-order valence-electron chi connectivity index (χ2n) is 3.18. The van der Waals surface area contributed by atoms with Crippen LogP contribution >= 0.6 is 0 Å². The van der Waals surface area contributed by atoms with E-state index in [-0.39, 0.29) is 0 Å². The molecule has 1 aromatic rings. The summed E-state index contributed by atoms with van der Waals surface area (Å²) in [5.41, 5.74) is -0.233. The Balaban J connectivity index is 2.95. The first-order valence-electron chi connectivity index (χ1n) is 4.44. The van der Waals surface area contributed by atoms with Gasteiger partial charge < -0.3 is 5.11 Å². The van der Waals surface area contributed by atoms with Gasteiger partial charge in [0.1, 0.15) is 0 Å². The monoisotopic (exact) mass is 230 g/mol. The van der Waals surface area contributed by atoms with E-state index in [0.29, 0.717) is 5.56 Å². The summed E-state index contributed by atoms with van der Waals surface area (Å²) in [5, 5.41) is 8.63. The van der Waals surface area contributed by atoms with Gasteiger partial charge in [-0.15, -0.1) is 0 Å². The van der Waals surface area contributed by atoms with E-state index in [0.717, 1.165) is 6.08 Å². The van der Waals surface area contributed by atoms with Crippen LogP contribution in [0, 0.1) is 0 Å². The van der Waals surface area contributed by atoms with Crippen molar-refractivity contribution in [2.24, 2.45) is 0 Å². The molecule has 0 radical (unpaired) electrons. The van der Waals surface area contributed by atoms with Gasteiger partial charge in [-0.25, -0.2) is 4.79 Å². The fourth-order valence-corrected chi connectivity index (χ4v) is 1.15. The lowest BCUT2D eigenvalue weighted by atomic mass is 10.1. The van der Waals surface area contributed by atoms with Crippen LogP contribution in [0.15, 0.2) is 35.9 Å². The first kappa shape index (κ1) is 12.3. The lowest BCUT2D eigenvalue weighted by Gasteiger charge is -2.06. The van der Waals surface area contributed by atoms with Gasteiger partial charge in [-0.2, -0.15) is 13.2 Å². The van der Waals surface area contributed by atoms with Crippen LogP contribution in [0.2, 0.25) is 0 Å². The van der Waals surface area contributed by atoms with Gasteiger partial charge in [-0.3, -0.25) is 0 Å². The molecule has 0 saturated heterocycles. The number of halogens is 3. The van der Waals surface area contributed by atoms with Crippen molar-refractivity contribution in [1.82, 2.24) is 0 Å². The summed E-state index contributed by atoms with van der Waals surface area (Å²) >= 11 is 0. The Kier molecular flexibility index (Phi) is 3.71. The highest BCUT2D eigenvalue weighted by molar-refractivity contribution is 5.92. The Bertz CT molecular complexity index is 393. The van der Waals surface area contributed by atoms with Gasteiger partial charge in [-0.05, 0) is 11.6 Å². The predicted octanol–water partition coefficient (Wildman–Crippen LogP) is 3.11. The molecule has 0 amide bonds. The smallest absolute Gasteiger partial charge is 0.393 e. The van der Waals surface area contributed by atoms with Gasteiger partial charge in [-0.1, -0.05) is 30.3 Å². The van der Waals surface area contributed by atoms with E-state index in [1.165, 1.54) is 0 Å². The van der Waals surface area contributed by atoms with Crippen LogP contribution in [0.4, 0.5) is 13.2 Å². The topological polar surface area (TPSA) is 37.3 Å². The molecule has 2 nitrogen and oxygen atoms in total. The van der Waals surface area contributed by atoms with Crippen LogP contribution in [-0.4, -0.2) is 17.3 Å². The van der Waals surface area contributed by atoms with Crippen LogP contribution in [0.25, 0.3) is 6.08 Å². The third-order valence-electron chi connectivity index (χ3n) is 1.81. The molecule has 86 valence electrons. The van der Waals surface area contributed by atoms with Crippen LogP contribution in [0.5, 0.6) is 0 Å². The third kappa shape index (κ3) is 4.16. The molecule has 0 aliphatic heterocycles. The Morgan fingerprint density at radius 1 is 1.25 bits per heavy atom. The summed E-state index contributed by atoms with van der Waals surface area (Å²) in [6, 6.07) is 8.03. The summed E-state index contributed by atoms with van der Waals surface area (Å²) in [6.07, 6.45) is -4.92. The first-order valence-corrected chi connectivity index (χ1v) is 4.44. The average molecular weight is 230 g/mol. The van der Waals surface area contributed by atoms with Crippen molar-refractivity contribution >= 4 is 12.0 Å². The molecular weight excluding hydrogens is 221 g/mol. The maximum Gasteiger partial charge on any atom is 0.393 e. The zero-order chi connectivity index (χ0) is 12.2. The molecule has 16 heavy (non-hydrogen) atoms. The Hall–Kier alpha value is -1.78. The Labute approximate surface area is 90.0 Å². The van der Waals surface area contributed by atoms with Crippen LogP contribution in [0.3, 0.4) is 0 Å². The zero-order valence-electron chi connectivity index (χ0n) is 8.16.